The second-order valence-electron chi connectivity index (χ2n) is 4.48. The summed E-state index contributed by atoms with van der Waals surface area (Å²) in [5.74, 6) is -0.0806. The molecule has 106 valence electrons. The monoisotopic (exact) mass is 337 g/mol. The van der Waals surface area contributed by atoms with Gasteiger partial charge in [-0.2, -0.15) is 0 Å². The van der Waals surface area contributed by atoms with Crippen LogP contribution in [0.4, 0.5) is 4.39 Å². The van der Waals surface area contributed by atoms with Crippen molar-refractivity contribution in [2.45, 2.75) is 12.5 Å². The zero-order valence-corrected chi connectivity index (χ0v) is 12.9. The van der Waals surface area contributed by atoms with Gasteiger partial charge in [-0.05, 0) is 37.4 Å². The van der Waals surface area contributed by atoms with Crippen molar-refractivity contribution < 1.29 is 9.13 Å². The SMILES string of the molecule is CNCCC(Oc1ccc(Br)cc1F)c1ccccc1. The van der Waals surface area contributed by atoms with E-state index in [1.807, 2.05) is 37.4 Å². The van der Waals surface area contributed by atoms with E-state index in [-0.39, 0.29) is 17.7 Å². The first-order chi connectivity index (χ1) is 9.70. The Kier molecular flexibility index (Phi) is 5.56. The molecule has 0 aliphatic rings. The molecule has 2 aromatic rings. The molecule has 2 aromatic carbocycles. The Bertz CT molecular complexity index is 547. The van der Waals surface area contributed by atoms with Crippen LogP contribution in [0.3, 0.4) is 0 Å². The summed E-state index contributed by atoms with van der Waals surface area (Å²) in [6.45, 7) is 0.803. The minimum atomic E-state index is -0.357. The average Bonchev–Trinajstić information content (AvgIpc) is 2.46. The van der Waals surface area contributed by atoms with Gasteiger partial charge in [0.05, 0.1) is 0 Å². The summed E-state index contributed by atoms with van der Waals surface area (Å²) in [7, 11) is 1.89. The fraction of sp³-hybridized carbons (Fsp3) is 0.250. The first-order valence-electron chi connectivity index (χ1n) is 6.52. The number of hydrogen-bond donors (Lipinski definition) is 1. The maximum absolute atomic E-state index is 13.9. The van der Waals surface area contributed by atoms with E-state index in [0.717, 1.165) is 18.5 Å². The maximum Gasteiger partial charge on any atom is 0.166 e. The molecule has 0 heterocycles. The van der Waals surface area contributed by atoms with Crippen LogP contribution in [-0.4, -0.2) is 13.6 Å². The van der Waals surface area contributed by atoms with Crippen LogP contribution in [0.5, 0.6) is 5.75 Å². The molecule has 0 saturated carbocycles. The van der Waals surface area contributed by atoms with Crippen LogP contribution < -0.4 is 10.1 Å². The molecule has 0 aliphatic heterocycles. The smallest absolute Gasteiger partial charge is 0.166 e. The maximum atomic E-state index is 13.9. The predicted molar refractivity (Wildman–Crippen MR) is 82.5 cm³/mol. The minimum Gasteiger partial charge on any atom is -0.483 e. The molecule has 1 atom stereocenters. The summed E-state index contributed by atoms with van der Waals surface area (Å²) in [5.41, 5.74) is 1.05. The topological polar surface area (TPSA) is 21.3 Å². The lowest BCUT2D eigenvalue weighted by molar-refractivity contribution is 0.186. The van der Waals surface area contributed by atoms with Gasteiger partial charge < -0.3 is 10.1 Å². The highest BCUT2D eigenvalue weighted by Gasteiger charge is 2.15. The molecule has 0 bridgehead atoms. The summed E-state index contributed by atoms with van der Waals surface area (Å²) < 4.78 is 20.4. The van der Waals surface area contributed by atoms with E-state index >= 15 is 0 Å². The van der Waals surface area contributed by atoms with Crippen LogP contribution in [0.15, 0.2) is 53.0 Å². The molecule has 4 heteroatoms. The normalized spacial score (nSPS) is 12.2. The summed E-state index contributed by atoms with van der Waals surface area (Å²) in [6, 6.07) is 14.7. The van der Waals surface area contributed by atoms with Gasteiger partial charge in [0.1, 0.15) is 6.10 Å². The lowest BCUT2D eigenvalue weighted by atomic mass is 10.1. The van der Waals surface area contributed by atoms with E-state index in [1.165, 1.54) is 6.07 Å². The van der Waals surface area contributed by atoms with Gasteiger partial charge in [0.15, 0.2) is 11.6 Å². The highest BCUT2D eigenvalue weighted by atomic mass is 79.9. The Morgan fingerprint density at radius 3 is 2.60 bits per heavy atom. The molecule has 0 aliphatic carbocycles. The van der Waals surface area contributed by atoms with Crippen LogP contribution in [0.25, 0.3) is 0 Å². The molecule has 0 fully saturated rings. The molecule has 1 N–H and O–H groups in total. The second-order valence-corrected chi connectivity index (χ2v) is 5.40. The van der Waals surface area contributed by atoms with Crippen molar-refractivity contribution in [3.05, 3.63) is 64.4 Å². The van der Waals surface area contributed by atoms with Gasteiger partial charge in [-0.1, -0.05) is 46.3 Å². The largest absolute Gasteiger partial charge is 0.483 e. The number of nitrogens with one attached hydrogen (secondary N) is 1. The third-order valence-corrected chi connectivity index (χ3v) is 3.48. The van der Waals surface area contributed by atoms with Crippen molar-refractivity contribution in [3.8, 4) is 5.75 Å². The Hall–Kier alpha value is -1.39. The molecule has 20 heavy (non-hydrogen) atoms. The molecule has 0 spiro atoms. The molecule has 0 aromatic heterocycles. The van der Waals surface area contributed by atoms with Crippen LogP contribution in [0, 0.1) is 5.82 Å². The molecule has 1 unspecified atom stereocenters. The van der Waals surface area contributed by atoms with Gasteiger partial charge in [-0.3, -0.25) is 0 Å². The number of ether oxygens (including phenoxy) is 1. The summed E-state index contributed by atoms with van der Waals surface area (Å²) in [5, 5.41) is 3.10. The minimum absolute atomic E-state index is 0.167. The zero-order valence-electron chi connectivity index (χ0n) is 11.3. The number of hydrogen-bond acceptors (Lipinski definition) is 2. The van der Waals surface area contributed by atoms with E-state index in [9.17, 15) is 4.39 Å². The molecular formula is C16H17BrFNO. The number of benzene rings is 2. The first kappa shape index (κ1) is 15.0. The van der Waals surface area contributed by atoms with Crippen molar-refractivity contribution in [2.75, 3.05) is 13.6 Å². The fourth-order valence-corrected chi connectivity index (χ4v) is 2.29. The lowest BCUT2D eigenvalue weighted by Crippen LogP contribution is -2.16. The molecule has 0 amide bonds. The Labute approximate surface area is 127 Å². The lowest BCUT2D eigenvalue weighted by Gasteiger charge is -2.20. The fourth-order valence-electron chi connectivity index (χ4n) is 1.96. The van der Waals surface area contributed by atoms with Crippen LogP contribution in [-0.2, 0) is 0 Å². The van der Waals surface area contributed by atoms with E-state index in [0.29, 0.717) is 4.47 Å². The first-order valence-corrected chi connectivity index (χ1v) is 7.31. The van der Waals surface area contributed by atoms with Crippen molar-refractivity contribution in [2.24, 2.45) is 0 Å². The molecule has 2 rings (SSSR count). The highest BCUT2D eigenvalue weighted by Crippen LogP contribution is 2.28. The summed E-state index contributed by atoms with van der Waals surface area (Å²) in [6.07, 6.45) is 0.607. The van der Waals surface area contributed by atoms with Gasteiger partial charge in [-0.25, -0.2) is 4.39 Å². The van der Waals surface area contributed by atoms with Gasteiger partial charge in [0.25, 0.3) is 0 Å². The van der Waals surface area contributed by atoms with Crippen molar-refractivity contribution >= 4 is 15.9 Å². The van der Waals surface area contributed by atoms with E-state index < -0.39 is 0 Å². The molecule has 2 nitrogen and oxygen atoms in total. The Balaban J connectivity index is 2.19. The van der Waals surface area contributed by atoms with Gasteiger partial charge in [0.2, 0.25) is 0 Å². The molecule has 0 radical (unpaired) electrons. The average molecular weight is 338 g/mol. The van der Waals surface area contributed by atoms with Crippen LogP contribution >= 0.6 is 15.9 Å². The van der Waals surface area contributed by atoms with Crippen LogP contribution in [0.2, 0.25) is 0 Å². The second kappa shape index (κ2) is 7.41. The van der Waals surface area contributed by atoms with E-state index in [4.69, 9.17) is 4.74 Å². The highest BCUT2D eigenvalue weighted by molar-refractivity contribution is 9.10. The quantitative estimate of drug-likeness (QED) is 0.847. The van der Waals surface area contributed by atoms with Crippen LogP contribution in [0.1, 0.15) is 18.1 Å². The van der Waals surface area contributed by atoms with Crippen molar-refractivity contribution in [3.63, 3.8) is 0 Å². The van der Waals surface area contributed by atoms with Gasteiger partial charge in [-0.15, -0.1) is 0 Å². The molecular weight excluding hydrogens is 321 g/mol. The van der Waals surface area contributed by atoms with E-state index in [1.54, 1.807) is 12.1 Å². The third-order valence-electron chi connectivity index (χ3n) is 2.99. The zero-order chi connectivity index (χ0) is 14.4. The van der Waals surface area contributed by atoms with Gasteiger partial charge in [0, 0.05) is 10.9 Å². The van der Waals surface area contributed by atoms with Gasteiger partial charge >= 0.3 is 0 Å². The number of halogens is 2. The van der Waals surface area contributed by atoms with E-state index in [2.05, 4.69) is 21.2 Å². The summed E-state index contributed by atoms with van der Waals surface area (Å²) >= 11 is 3.24. The Morgan fingerprint density at radius 1 is 1.20 bits per heavy atom. The number of rotatable bonds is 6. The molecule has 0 saturated heterocycles. The van der Waals surface area contributed by atoms with Crippen molar-refractivity contribution in [1.29, 1.82) is 0 Å². The summed E-state index contributed by atoms with van der Waals surface area (Å²) in [4.78, 5) is 0. The Morgan fingerprint density at radius 2 is 1.95 bits per heavy atom. The predicted octanol–water partition coefficient (Wildman–Crippen LogP) is 4.32. The standard InChI is InChI=1S/C16H17BrFNO/c1-19-10-9-15(12-5-3-2-4-6-12)20-16-8-7-13(17)11-14(16)18/h2-8,11,15,19H,9-10H2,1H3. The third kappa shape index (κ3) is 4.05. The van der Waals surface area contributed by atoms with Crippen molar-refractivity contribution in [1.82, 2.24) is 5.32 Å².